The molecule has 0 atom stereocenters. The van der Waals surface area contributed by atoms with Gasteiger partial charge in [0.2, 0.25) is 0 Å². The van der Waals surface area contributed by atoms with Gasteiger partial charge < -0.3 is 15.2 Å². The summed E-state index contributed by atoms with van der Waals surface area (Å²) in [6.45, 7) is 1.72. The van der Waals surface area contributed by atoms with E-state index in [0.717, 1.165) is 11.3 Å². The summed E-state index contributed by atoms with van der Waals surface area (Å²) >= 11 is 0. The van der Waals surface area contributed by atoms with Crippen molar-refractivity contribution < 1.29 is 10.2 Å². The molecule has 132 valence electrons. The standard InChI is InChI=1S/C19H18N4O3/c24-13-5-4-12(17(25)9-13)10-23-8-6-14-16(11-23)21-18(22-19(14)26)15-3-1-2-7-20-15/h1-5,7,9,24-25H,6,8,10-11H2,(H,21,22,26). The van der Waals surface area contributed by atoms with Crippen molar-refractivity contribution >= 4 is 0 Å². The molecule has 0 spiro atoms. The minimum absolute atomic E-state index is 0.0310. The van der Waals surface area contributed by atoms with E-state index in [1.807, 2.05) is 12.1 Å². The maximum Gasteiger partial charge on any atom is 0.254 e. The van der Waals surface area contributed by atoms with E-state index < -0.39 is 0 Å². The topological polar surface area (TPSA) is 102 Å². The van der Waals surface area contributed by atoms with Crippen molar-refractivity contribution in [1.29, 1.82) is 0 Å². The first-order chi connectivity index (χ1) is 12.6. The largest absolute Gasteiger partial charge is 0.508 e. The molecule has 3 N–H and O–H groups in total. The molecule has 0 radical (unpaired) electrons. The Morgan fingerprint density at radius 3 is 2.85 bits per heavy atom. The van der Waals surface area contributed by atoms with Gasteiger partial charge in [0.25, 0.3) is 5.56 Å². The van der Waals surface area contributed by atoms with Gasteiger partial charge in [-0.15, -0.1) is 0 Å². The number of phenols is 2. The number of aromatic nitrogens is 3. The lowest BCUT2D eigenvalue weighted by Crippen LogP contribution is -2.35. The molecule has 0 saturated carbocycles. The van der Waals surface area contributed by atoms with Crippen LogP contribution in [-0.4, -0.2) is 36.6 Å². The van der Waals surface area contributed by atoms with Gasteiger partial charge in [0.05, 0.1) is 5.69 Å². The summed E-state index contributed by atoms with van der Waals surface area (Å²) in [7, 11) is 0. The molecule has 0 aliphatic carbocycles. The zero-order valence-electron chi connectivity index (χ0n) is 14.0. The normalized spacial score (nSPS) is 14.2. The molecule has 0 amide bonds. The van der Waals surface area contributed by atoms with Crippen LogP contribution in [0.5, 0.6) is 11.5 Å². The van der Waals surface area contributed by atoms with E-state index in [-0.39, 0.29) is 17.1 Å². The number of aromatic hydroxyl groups is 2. The summed E-state index contributed by atoms with van der Waals surface area (Å²) in [4.78, 5) is 26.2. The molecule has 4 rings (SSSR count). The molecule has 1 aromatic carbocycles. The lowest BCUT2D eigenvalue weighted by atomic mass is 10.0. The van der Waals surface area contributed by atoms with Crippen molar-refractivity contribution in [1.82, 2.24) is 19.9 Å². The highest BCUT2D eigenvalue weighted by molar-refractivity contribution is 5.49. The van der Waals surface area contributed by atoms with Gasteiger partial charge in [0.15, 0.2) is 5.82 Å². The number of rotatable bonds is 3. The van der Waals surface area contributed by atoms with Crippen molar-refractivity contribution in [3.05, 3.63) is 69.8 Å². The number of phenolic OH excluding ortho intramolecular Hbond substituents is 2. The van der Waals surface area contributed by atoms with Gasteiger partial charge in [-0.1, -0.05) is 12.1 Å². The van der Waals surface area contributed by atoms with Crippen LogP contribution in [0.3, 0.4) is 0 Å². The lowest BCUT2D eigenvalue weighted by Gasteiger charge is -2.27. The minimum atomic E-state index is -0.122. The average Bonchev–Trinajstić information content (AvgIpc) is 2.64. The monoisotopic (exact) mass is 350 g/mol. The van der Waals surface area contributed by atoms with Crippen LogP contribution in [0.15, 0.2) is 47.4 Å². The Balaban J connectivity index is 1.61. The Morgan fingerprint density at radius 1 is 1.19 bits per heavy atom. The summed E-state index contributed by atoms with van der Waals surface area (Å²) in [5, 5.41) is 19.4. The van der Waals surface area contributed by atoms with Gasteiger partial charge in [-0.25, -0.2) is 4.98 Å². The van der Waals surface area contributed by atoms with Crippen molar-refractivity contribution in [2.24, 2.45) is 0 Å². The SMILES string of the molecule is O=c1[nH]c(-c2ccccn2)nc2c1CCN(Cc1ccc(O)cc1O)C2. The third kappa shape index (κ3) is 3.16. The Labute approximate surface area is 149 Å². The zero-order chi connectivity index (χ0) is 18.1. The molecule has 7 nitrogen and oxygen atoms in total. The smallest absolute Gasteiger partial charge is 0.254 e. The first kappa shape index (κ1) is 16.3. The third-order valence-corrected chi connectivity index (χ3v) is 4.52. The number of fused-ring (bicyclic) bond motifs is 1. The maximum atomic E-state index is 12.4. The molecule has 2 aromatic heterocycles. The van der Waals surface area contributed by atoms with Crippen molar-refractivity contribution in [2.45, 2.75) is 19.5 Å². The summed E-state index contributed by atoms with van der Waals surface area (Å²) in [6.07, 6.45) is 2.26. The number of aromatic amines is 1. The molecule has 0 bridgehead atoms. The summed E-state index contributed by atoms with van der Waals surface area (Å²) in [6, 6.07) is 10.0. The van der Waals surface area contributed by atoms with Gasteiger partial charge in [0, 0.05) is 43.0 Å². The second kappa shape index (κ2) is 6.61. The van der Waals surface area contributed by atoms with Gasteiger partial charge in [-0.2, -0.15) is 0 Å². The predicted molar refractivity (Wildman–Crippen MR) is 95.7 cm³/mol. The molecule has 0 unspecified atom stereocenters. The number of hydrogen-bond donors (Lipinski definition) is 3. The number of nitrogens with one attached hydrogen (secondary N) is 1. The van der Waals surface area contributed by atoms with Crippen LogP contribution in [0.25, 0.3) is 11.5 Å². The summed E-state index contributed by atoms with van der Waals surface area (Å²) in [5.74, 6) is 0.552. The van der Waals surface area contributed by atoms with Crippen LogP contribution in [-0.2, 0) is 19.5 Å². The lowest BCUT2D eigenvalue weighted by molar-refractivity contribution is 0.237. The number of benzene rings is 1. The van der Waals surface area contributed by atoms with Crippen LogP contribution in [0.2, 0.25) is 0 Å². The van der Waals surface area contributed by atoms with E-state index in [4.69, 9.17) is 0 Å². The maximum absolute atomic E-state index is 12.4. The number of H-pyrrole nitrogens is 1. The fourth-order valence-electron chi connectivity index (χ4n) is 3.18. The van der Waals surface area contributed by atoms with E-state index in [0.29, 0.717) is 43.1 Å². The van der Waals surface area contributed by atoms with Crippen molar-refractivity contribution in [3.8, 4) is 23.0 Å². The average molecular weight is 350 g/mol. The molecule has 3 aromatic rings. The van der Waals surface area contributed by atoms with E-state index in [1.165, 1.54) is 6.07 Å². The van der Waals surface area contributed by atoms with Gasteiger partial charge >= 0.3 is 0 Å². The fourth-order valence-corrected chi connectivity index (χ4v) is 3.18. The molecular weight excluding hydrogens is 332 g/mol. The Kier molecular flexibility index (Phi) is 4.14. The molecule has 0 saturated heterocycles. The molecule has 1 aliphatic rings. The van der Waals surface area contributed by atoms with Crippen LogP contribution < -0.4 is 5.56 Å². The van der Waals surface area contributed by atoms with Crippen molar-refractivity contribution in [3.63, 3.8) is 0 Å². The molecular formula is C19H18N4O3. The Morgan fingerprint density at radius 2 is 2.08 bits per heavy atom. The van der Waals surface area contributed by atoms with E-state index in [1.54, 1.807) is 24.4 Å². The number of hydrogen-bond acceptors (Lipinski definition) is 6. The summed E-state index contributed by atoms with van der Waals surface area (Å²) < 4.78 is 0. The second-order valence-corrected chi connectivity index (χ2v) is 6.33. The van der Waals surface area contributed by atoms with Crippen LogP contribution >= 0.6 is 0 Å². The fraction of sp³-hybridized carbons (Fsp3) is 0.211. The van der Waals surface area contributed by atoms with E-state index in [2.05, 4.69) is 19.9 Å². The predicted octanol–water partition coefficient (Wildman–Crippen LogP) is 1.80. The molecule has 0 fully saturated rings. The van der Waals surface area contributed by atoms with Crippen molar-refractivity contribution in [2.75, 3.05) is 6.54 Å². The zero-order valence-corrected chi connectivity index (χ0v) is 14.0. The molecule has 7 heteroatoms. The summed E-state index contributed by atoms with van der Waals surface area (Å²) in [5.41, 5.74) is 2.67. The minimum Gasteiger partial charge on any atom is -0.508 e. The number of pyridine rings is 1. The number of nitrogens with zero attached hydrogens (tertiary/aromatic N) is 3. The third-order valence-electron chi connectivity index (χ3n) is 4.52. The Bertz CT molecular complexity index is 1000. The highest BCUT2D eigenvalue weighted by Crippen LogP contribution is 2.26. The molecule has 1 aliphatic heterocycles. The van der Waals surface area contributed by atoms with Crippen LogP contribution in [0, 0.1) is 0 Å². The molecule has 3 heterocycles. The first-order valence-corrected chi connectivity index (χ1v) is 8.37. The second-order valence-electron chi connectivity index (χ2n) is 6.33. The highest BCUT2D eigenvalue weighted by Gasteiger charge is 2.22. The first-order valence-electron chi connectivity index (χ1n) is 8.37. The highest BCUT2D eigenvalue weighted by atomic mass is 16.3. The van der Waals surface area contributed by atoms with Gasteiger partial charge in [0.1, 0.15) is 17.2 Å². The quantitative estimate of drug-likeness (QED) is 0.666. The van der Waals surface area contributed by atoms with E-state index >= 15 is 0 Å². The van der Waals surface area contributed by atoms with E-state index in [9.17, 15) is 15.0 Å². The van der Waals surface area contributed by atoms with Gasteiger partial charge in [-0.05, 0) is 24.6 Å². The Hall–Kier alpha value is -3.19. The molecule has 26 heavy (non-hydrogen) atoms. The van der Waals surface area contributed by atoms with Crippen LogP contribution in [0.4, 0.5) is 0 Å². The van der Waals surface area contributed by atoms with Gasteiger partial charge in [-0.3, -0.25) is 14.7 Å². The van der Waals surface area contributed by atoms with Crippen LogP contribution in [0.1, 0.15) is 16.8 Å².